The van der Waals surface area contributed by atoms with E-state index < -0.39 is 47.9 Å². The average molecular weight is 592 g/mol. The molecule has 1 aromatic heterocycles. The van der Waals surface area contributed by atoms with Crippen molar-refractivity contribution in [3.05, 3.63) is 36.0 Å². The van der Waals surface area contributed by atoms with E-state index in [-0.39, 0.29) is 37.5 Å². The van der Waals surface area contributed by atoms with Crippen molar-refractivity contribution in [3.63, 3.8) is 0 Å². The molecule has 3 amide bonds. The molecular weight excluding hydrogens is 550 g/mol. The molecule has 0 aliphatic carbocycles. The Balaban J connectivity index is 2.23. The summed E-state index contributed by atoms with van der Waals surface area (Å²) in [5.41, 5.74) is 23.7. The highest BCUT2D eigenvalue weighted by Gasteiger charge is 2.30. The first-order chi connectivity index (χ1) is 19.6. The van der Waals surface area contributed by atoms with Gasteiger partial charge in [-0.05, 0) is 50.3 Å². The van der Waals surface area contributed by atoms with Crippen LogP contribution in [0.1, 0.15) is 37.7 Å². The van der Waals surface area contributed by atoms with E-state index in [1.54, 1.807) is 6.20 Å². The summed E-state index contributed by atoms with van der Waals surface area (Å²) in [6.07, 6.45) is 3.54. The Morgan fingerprint density at radius 1 is 0.927 bits per heavy atom. The number of carbonyl (C=O) groups excluding carboxylic acids is 3. The van der Waals surface area contributed by atoms with Crippen molar-refractivity contribution in [2.24, 2.45) is 27.9 Å². The molecule has 0 saturated heterocycles. The minimum absolute atomic E-state index is 0.0666. The van der Waals surface area contributed by atoms with Crippen molar-refractivity contribution in [1.29, 1.82) is 0 Å². The number of hydrogen-bond donors (Lipinski definition) is 10. The van der Waals surface area contributed by atoms with E-state index >= 15 is 0 Å². The lowest BCUT2D eigenvalue weighted by molar-refractivity contribution is -0.142. The first-order valence-corrected chi connectivity index (χ1v) is 14.0. The molecule has 2 rings (SSSR count). The number of carboxylic acid groups (broad SMARTS) is 1. The molecule has 14 nitrogen and oxygen atoms in total. The second-order valence-electron chi connectivity index (χ2n) is 9.61. The van der Waals surface area contributed by atoms with Crippen molar-refractivity contribution in [2.45, 2.75) is 62.7 Å². The smallest absolute Gasteiger partial charge is 0.326 e. The van der Waals surface area contributed by atoms with Gasteiger partial charge in [0.05, 0.1) is 6.04 Å². The highest BCUT2D eigenvalue weighted by atomic mass is 32.1. The summed E-state index contributed by atoms with van der Waals surface area (Å²) >= 11 is 4.06. The number of fused-ring (bicyclic) bond motifs is 1. The third kappa shape index (κ3) is 10.9. The Morgan fingerprint density at radius 3 is 2.22 bits per heavy atom. The number of hydrogen-bond acceptors (Lipinski definition) is 8. The van der Waals surface area contributed by atoms with E-state index in [9.17, 15) is 24.3 Å². The zero-order valence-electron chi connectivity index (χ0n) is 22.8. The normalized spacial score (nSPS) is 13.9. The van der Waals surface area contributed by atoms with Crippen LogP contribution in [0, 0.1) is 0 Å². The molecule has 0 radical (unpaired) electrons. The van der Waals surface area contributed by atoms with Gasteiger partial charge in [0.2, 0.25) is 17.7 Å². The molecule has 0 fully saturated rings. The molecule has 1 heterocycles. The van der Waals surface area contributed by atoms with Crippen LogP contribution in [-0.2, 0) is 25.6 Å². The summed E-state index contributed by atoms with van der Waals surface area (Å²) in [5, 5.41) is 18.4. The van der Waals surface area contributed by atoms with Crippen LogP contribution < -0.4 is 38.9 Å². The van der Waals surface area contributed by atoms with E-state index in [0.717, 1.165) is 16.5 Å². The quantitative estimate of drug-likeness (QED) is 0.0426. The van der Waals surface area contributed by atoms with Crippen LogP contribution in [0.15, 0.2) is 35.5 Å². The number of unbranched alkanes of at least 4 members (excludes halogenated alkanes) is 1. The average Bonchev–Trinajstić information content (AvgIpc) is 3.35. The number of aliphatic carboxylic acids is 1. The van der Waals surface area contributed by atoms with E-state index in [4.69, 9.17) is 22.9 Å². The standard InChI is InChI=1S/C26H41N9O5S/c27-10-4-3-8-19(23(37)34-20(25(39)40)9-5-11-31-26(29)30)33-24(38)21(35-22(36)17(28)14-41)12-15-13-32-18-7-2-1-6-16(15)18/h1-2,6-7,13,17,19-21,32,41H,3-5,8-12,14,27-28H2,(H,33,38)(H,34,37)(H,35,36)(H,39,40)(H4,29,30,31). The predicted molar refractivity (Wildman–Crippen MR) is 160 cm³/mol. The molecule has 0 aliphatic rings. The molecule has 4 atom stereocenters. The maximum Gasteiger partial charge on any atom is 0.326 e. The van der Waals surface area contributed by atoms with Crippen LogP contribution in [0.5, 0.6) is 0 Å². The van der Waals surface area contributed by atoms with E-state index in [0.29, 0.717) is 25.8 Å². The Hall–Kier alpha value is -3.82. The second kappa shape index (κ2) is 17.1. The fourth-order valence-electron chi connectivity index (χ4n) is 4.16. The summed E-state index contributed by atoms with van der Waals surface area (Å²) < 4.78 is 0. The van der Waals surface area contributed by atoms with E-state index in [2.05, 4.69) is 38.6 Å². The maximum atomic E-state index is 13.5. The molecule has 0 spiro atoms. The minimum Gasteiger partial charge on any atom is -0.480 e. The number of carbonyl (C=O) groups is 4. The van der Waals surface area contributed by atoms with Crippen LogP contribution in [0.3, 0.4) is 0 Å². The minimum atomic E-state index is -1.24. The van der Waals surface area contributed by atoms with Crippen LogP contribution in [-0.4, -0.2) is 82.8 Å². The number of H-pyrrole nitrogens is 1. The zero-order valence-corrected chi connectivity index (χ0v) is 23.7. The fraction of sp³-hybridized carbons (Fsp3) is 0.500. The van der Waals surface area contributed by atoms with Gasteiger partial charge in [0.15, 0.2) is 5.96 Å². The number of para-hydroxylation sites is 1. The van der Waals surface area contributed by atoms with Gasteiger partial charge in [0.1, 0.15) is 18.1 Å². The number of benzene rings is 1. The van der Waals surface area contributed by atoms with Gasteiger partial charge >= 0.3 is 5.97 Å². The number of nitrogens with one attached hydrogen (secondary N) is 4. The van der Waals surface area contributed by atoms with Gasteiger partial charge in [0.25, 0.3) is 0 Å². The maximum absolute atomic E-state index is 13.5. The molecule has 226 valence electrons. The number of guanidine groups is 1. The lowest BCUT2D eigenvalue weighted by atomic mass is 10.0. The van der Waals surface area contributed by atoms with Crippen molar-refractivity contribution < 1.29 is 24.3 Å². The van der Waals surface area contributed by atoms with Crippen LogP contribution >= 0.6 is 12.6 Å². The highest BCUT2D eigenvalue weighted by molar-refractivity contribution is 7.80. The van der Waals surface area contributed by atoms with E-state index in [1.807, 2.05) is 24.3 Å². The molecule has 2 aromatic rings. The molecule has 1 aromatic carbocycles. The van der Waals surface area contributed by atoms with Crippen LogP contribution in [0.2, 0.25) is 0 Å². The summed E-state index contributed by atoms with van der Waals surface area (Å²) in [7, 11) is 0. The summed E-state index contributed by atoms with van der Waals surface area (Å²) in [5.74, 6) is -3.15. The van der Waals surface area contributed by atoms with Crippen LogP contribution in [0.4, 0.5) is 0 Å². The van der Waals surface area contributed by atoms with Gasteiger partial charge in [-0.3, -0.25) is 19.4 Å². The van der Waals surface area contributed by atoms with Crippen molar-refractivity contribution >= 4 is 53.2 Å². The third-order valence-corrected chi connectivity index (χ3v) is 6.80. The Kier molecular flexibility index (Phi) is 13.9. The largest absolute Gasteiger partial charge is 0.480 e. The Labute approximate surface area is 243 Å². The van der Waals surface area contributed by atoms with E-state index in [1.165, 1.54) is 0 Å². The number of aromatic nitrogens is 1. The molecule has 13 N–H and O–H groups in total. The molecule has 4 unspecified atom stereocenters. The third-order valence-electron chi connectivity index (χ3n) is 6.41. The Morgan fingerprint density at radius 2 is 1.56 bits per heavy atom. The molecule has 0 aliphatic heterocycles. The second-order valence-corrected chi connectivity index (χ2v) is 9.97. The number of nitrogens with two attached hydrogens (primary N) is 4. The number of aromatic amines is 1. The number of nitrogens with zero attached hydrogens (tertiary/aromatic N) is 1. The lowest BCUT2D eigenvalue weighted by Crippen LogP contribution is -2.57. The summed E-state index contributed by atoms with van der Waals surface area (Å²) in [6.45, 7) is 0.577. The highest BCUT2D eigenvalue weighted by Crippen LogP contribution is 2.19. The SMILES string of the molecule is NCCCCC(NC(=O)C(Cc1c[nH]c2ccccc12)NC(=O)C(N)CS)C(=O)NC(CCCN=C(N)N)C(=O)O. The van der Waals surface area contributed by atoms with Gasteiger partial charge < -0.3 is 49.0 Å². The molecule has 41 heavy (non-hydrogen) atoms. The Bertz CT molecular complexity index is 1200. The van der Waals surface area contributed by atoms with Gasteiger partial charge in [-0.15, -0.1) is 0 Å². The van der Waals surface area contributed by atoms with Gasteiger partial charge in [-0.1, -0.05) is 18.2 Å². The number of rotatable bonds is 18. The van der Waals surface area contributed by atoms with Gasteiger partial charge in [-0.25, -0.2) is 4.79 Å². The fourth-order valence-corrected chi connectivity index (χ4v) is 4.32. The molecule has 0 saturated carbocycles. The number of thiol groups is 1. The van der Waals surface area contributed by atoms with Gasteiger partial charge in [0, 0.05) is 35.8 Å². The van der Waals surface area contributed by atoms with Gasteiger partial charge in [-0.2, -0.15) is 12.6 Å². The molecule has 0 bridgehead atoms. The summed E-state index contributed by atoms with van der Waals surface area (Å²) in [6, 6.07) is 3.18. The molecular formula is C26H41N9O5S. The monoisotopic (exact) mass is 591 g/mol. The van der Waals surface area contributed by atoms with Crippen LogP contribution in [0.25, 0.3) is 10.9 Å². The number of amides is 3. The first-order valence-electron chi connectivity index (χ1n) is 13.4. The van der Waals surface area contributed by atoms with Crippen molar-refractivity contribution in [3.8, 4) is 0 Å². The lowest BCUT2D eigenvalue weighted by Gasteiger charge is -2.25. The topological polar surface area (TPSA) is 257 Å². The van der Waals surface area contributed by atoms with Crippen molar-refractivity contribution in [2.75, 3.05) is 18.8 Å². The number of carboxylic acids is 1. The zero-order chi connectivity index (χ0) is 30.4. The summed E-state index contributed by atoms with van der Waals surface area (Å²) in [4.78, 5) is 58.1. The molecule has 15 heteroatoms. The number of aliphatic imine (C=N–C) groups is 1. The predicted octanol–water partition coefficient (Wildman–Crippen LogP) is -1.31. The first kappa shape index (κ1) is 33.4. The van der Waals surface area contributed by atoms with Crippen molar-refractivity contribution in [1.82, 2.24) is 20.9 Å².